The van der Waals surface area contributed by atoms with Crippen LogP contribution in [0.1, 0.15) is 20.9 Å². The lowest BCUT2D eigenvalue weighted by Crippen LogP contribution is -1.92. The number of aromatic carboxylic acids is 1. The molecule has 0 saturated carbocycles. The van der Waals surface area contributed by atoms with Crippen LogP contribution in [0, 0.1) is 5.82 Å². The second kappa shape index (κ2) is 4.17. The van der Waals surface area contributed by atoms with Gasteiger partial charge in [0.1, 0.15) is 11.5 Å². The van der Waals surface area contributed by atoms with E-state index < -0.39 is 11.8 Å². The van der Waals surface area contributed by atoms with Crippen molar-refractivity contribution in [2.24, 2.45) is 0 Å². The van der Waals surface area contributed by atoms with Crippen molar-refractivity contribution in [1.82, 2.24) is 5.16 Å². The molecule has 6 heteroatoms. The van der Waals surface area contributed by atoms with E-state index in [0.29, 0.717) is 11.8 Å². The third-order valence-electron chi connectivity index (χ3n) is 2.14. The molecule has 0 saturated heterocycles. The van der Waals surface area contributed by atoms with Gasteiger partial charge in [0.2, 0.25) is 5.76 Å². The molecule has 0 spiro atoms. The third-order valence-corrected chi connectivity index (χ3v) is 2.14. The molecule has 0 aliphatic carbocycles. The zero-order valence-corrected chi connectivity index (χ0v) is 8.38. The Balaban J connectivity index is 2.52. The number of aldehydes is 1. The summed E-state index contributed by atoms with van der Waals surface area (Å²) < 4.78 is 17.4. The van der Waals surface area contributed by atoms with Crippen molar-refractivity contribution in [1.29, 1.82) is 0 Å². The number of carboxylic acid groups (broad SMARTS) is 1. The summed E-state index contributed by atoms with van der Waals surface area (Å²) in [7, 11) is 0. The molecule has 2 rings (SSSR count). The lowest BCUT2D eigenvalue weighted by molar-refractivity contribution is 0.0652. The Morgan fingerprint density at radius 1 is 1.41 bits per heavy atom. The van der Waals surface area contributed by atoms with Gasteiger partial charge in [-0.15, -0.1) is 0 Å². The molecule has 5 nitrogen and oxygen atoms in total. The lowest BCUT2D eigenvalue weighted by atomic mass is 10.1. The topological polar surface area (TPSA) is 80.4 Å². The van der Waals surface area contributed by atoms with Gasteiger partial charge in [-0.2, -0.15) is 0 Å². The Morgan fingerprint density at radius 3 is 2.76 bits per heavy atom. The number of carbonyl (C=O) groups is 2. The first kappa shape index (κ1) is 11.0. The number of rotatable bonds is 3. The number of hydrogen-bond acceptors (Lipinski definition) is 4. The second-order valence-electron chi connectivity index (χ2n) is 3.23. The van der Waals surface area contributed by atoms with E-state index in [1.165, 1.54) is 12.1 Å². The van der Waals surface area contributed by atoms with Crippen LogP contribution in [0.25, 0.3) is 11.3 Å². The van der Waals surface area contributed by atoms with Gasteiger partial charge >= 0.3 is 5.97 Å². The summed E-state index contributed by atoms with van der Waals surface area (Å²) in [6.07, 6.45) is 0.466. The highest BCUT2D eigenvalue weighted by atomic mass is 19.1. The SMILES string of the molecule is O=Cc1cc(F)ccc1-c1cc(C(=O)O)on1. The number of carbonyl (C=O) groups excluding carboxylic acids is 1. The van der Waals surface area contributed by atoms with Crippen LogP contribution in [-0.2, 0) is 0 Å². The number of halogens is 1. The summed E-state index contributed by atoms with van der Waals surface area (Å²) in [4.78, 5) is 21.3. The molecule has 1 N–H and O–H groups in total. The van der Waals surface area contributed by atoms with Crippen LogP contribution in [0.3, 0.4) is 0 Å². The quantitative estimate of drug-likeness (QED) is 0.823. The van der Waals surface area contributed by atoms with E-state index in [4.69, 9.17) is 5.11 Å². The van der Waals surface area contributed by atoms with Gasteiger partial charge in [0.25, 0.3) is 0 Å². The summed E-state index contributed by atoms with van der Waals surface area (Å²) in [5.74, 6) is -2.17. The van der Waals surface area contributed by atoms with Crippen LogP contribution < -0.4 is 0 Å². The fraction of sp³-hybridized carbons (Fsp3) is 0. The van der Waals surface area contributed by atoms with Crippen LogP contribution in [0.4, 0.5) is 4.39 Å². The van der Waals surface area contributed by atoms with Crippen molar-refractivity contribution >= 4 is 12.3 Å². The average molecular weight is 235 g/mol. The molecule has 2 aromatic rings. The highest BCUT2D eigenvalue weighted by Crippen LogP contribution is 2.23. The average Bonchev–Trinajstić information content (AvgIpc) is 2.78. The van der Waals surface area contributed by atoms with E-state index in [-0.39, 0.29) is 17.0 Å². The molecular weight excluding hydrogens is 229 g/mol. The smallest absolute Gasteiger partial charge is 0.374 e. The number of carboxylic acids is 1. The third kappa shape index (κ3) is 2.05. The summed E-state index contributed by atoms with van der Waals surface area (Å²) in [6, 6.07) is 4.69. The Kier molecular flexibility index (Phi) is 2.70. The zero-order chi connectivity index (χ0) is 12.4. The molecule has 1 aromatic heterocycles. The maximum Gasteiger partial charge on any atom is 0.374 e. The van der Waals surface area contributed by atoms with Crippen LogP contribution >= 0.6 is 0 Å². The number of benzene rings is 1. The van der Waals surface area contributed by atoms with E-state index in [1.54, 1.807) is 0 Å². The highest BCUT2D eigenvalue weighted by Gasteiger charge is 2.15. The standard InChI is InChI=1S/C11H6FNO4/c12-7-1-2-8(6(3-7)5-14)9-4-10(11(15)16)17-13-9/h1-5H,(H,15,16). The van der Waals surface area contributed by atoms with Crippen molar-refractivity contribution in [2.45, 2.75) is 0 Å². The van der Waals surface area contributed by atoms with Gasteiger partial charge in [-0.05, 0) is 18.2 Å². The number of hydrogen-bond donors (Lipinski definition) is 1. The number of aromatic nitrogens is 1. The maximum absolute atomic E-state index is 12.9. The molecule has 1 aromatic carbocycles. The minimum absolute atomic E-state index is 0.0789. The van der Waals surface area contributed by atoms with Gasteiger partial charge in [-0.3, -0.25) is 4.79 Å². The van der Waals surface area contributed by atoms with E-state index in [9.17, 15) is 14.0 Å². The molecule has 0 atom stereocenters. The monoisotopic (exact) mass is 235 g/mol. The Labute approximate surface area is 94.5 Å². The largest absolute Gasteiger partial charge is 0.475 e. The minimum atomic E-state index is -1.27. The van der Waals surface area contributed by atoms with Crippen LogP contribution in [-0.4, -0.2) is 22.5 Å². The summed E-state index contributed by atoms with van der Waals surface area (Å²) in [5.41, 5.74) is 0.567. The van der Waals surface area contributed by atoms with Crippen LogP contribution in [0.5, 0.6) is 0 Å². The second-order valence-corrected chi connectivity index (χ2v) is 3.23. The van der Waals surface area contributed by atoms with Gasteiger partial charge in [-0.1, -0.05) is 5.16 Å². The Bertz CT molecular complexity index is 591. The first-order valence-corrected chi connectivity index (χ1v) is 4.57. The molecular formula is C11H6FNO4. The van der Waals surface area contributed by atoms with Crippen molar-refractivity contribution in [3.8, 4) is 11.3 Å². The van der Waals surface area contributed by atoms with Gasteiger partial charge in [0.15, 0.2) is 6.29 Å². The van der Waals surface area contributed by atoms with E-state index in [0.717, 1.165) is 12.1 Å². The van der Waals surface area contributed by atoms with Crippen LogP contribution in [0.2, 0.25) is 0 Å². The first-order chi connectivity index (χ1) is 8.11. The Morgan fingerprint density at radius 2 is 2.18 bits per heavy atom. The maximum atomic E-state index is 12.9. The summed E-state index contributed by atoms with van der Waals surface area (Å²) in [5, 5.41) is 12.2. The van der Waals surface area contributed by atoms with Crippen molar-refractivity contribution < 1.29 is 23.6 Å². The normalized spacial score (nSPS) is 10.2. The molecule has 17 heavy (non-hydrogen) atoms. The number of nitrogens with zero attached hydrogens (tertiary/aromatic N) is 1. The van der Waals surface area contributed by atoms with Gasteiger partial charge in [0.05, 0.1) is 0 Å². The predicted octanol–water partition coefficient (Wildman–Crippen LogP) is 1.99. The van der Waals surface area contributed by atoms with Gasteiger partial charge in [-0.25, -0.2) is 9.18 Å². The van der Waals surface area contributed by atoms with Gasteiger partial charge in [0, 0.05) is 17.2 Å². The molecule has 0 fully saturated rings. The zero-order valence-electron chi connectivity index (χ0n) is 8.38. The molecule has 86 valence electrons. The molecule has 0 unspecified atom stereocenters. The Hall–Kier alpha value is -2.50. The lowest BCUT2D eigenvalue weighted by Gasteiger charge is -1.99. The minimum Gasteiger partial charge on any atom is -0.475 e. The fourth-order valence-electron chi connectivity index (χ4n) is 1.37. The predicted molar refractivity (Wildman–Crippen MR) is 54.2 cm³/mol. The molecule has 0 aliphatic heterocycles. The van der Waals surface area contributed by atoms with Crippen LogP contribution in [0.15, 0.2) is 28.8 Å². The highest BCUT2D eigenvalue weighted by molar-refractivity contribution is 5.89. The summed E-state index contributed by atoms with van der Waals surface area (Å²) in [6.45, 7) is 0. The molecule has 0 aliphatic rings. The molecule has 1 heterocycles. The first-order valence-electron chi connectivity index (χ1n) is 4.57. The van der Waals surface area contributed by atoms with Crippen molar-refractivity contribution in [3.63, 3.8) is 0 Å². The van der Waals surface area contributed by atoms with Crippen molar-refractivity contribution in [2.75, 3.05) is 0 Å². The molecule has 0 radical (unpaired) electrons. The fourth-order valence-corrected chi connectivity index (χ4v) is 1.37. The van der Waals surface area contributed by atoms with E-state index in [2.05, 4.69) is 9.68 Å². The summed E-state index contributed by atoms with van der Waals surface area (Å²) >= 11 is 0. The molecule has 0 bridgehead atoms. The van der Waals surface area contributed by atoms with E-state index >= 15 is 0 Å². The van der Waals surface area contributed by atoms with Crippen molar-refractivity contribution in [3.05, 3.63) is 41.4 Å². The molecule has 0 amide bonds. The van der Waals surface area contributed by atoms with Gasteiger partial charge < -0.3 is 9.63 Å². The van der Waals surface area contributed by atoms with E-state index in [1.807, 2.05) is 0 Å².